The summed E-state index contributed by atoms with van der Waals surface area (Å²) < 4.78 is 5.98. The lowest BCUT2D eigenvalue weighted by molar-refractivity contribution is -0.140. The Labute approximate surface area is 120 Å². The van der Waals surface area contributed by atoms with Crippen LogP contribution in [0.4, 0.5) is 0 Å². The van der Waals surface area contributed by atoms with Crippen molar-refractivity contribution in [3.05, 3.63) is 35.9 Å². The minimum absolute atomic E-state index is 0.0266. The maximum absolute atomic E-state index is 12.6. The molecular formula is C17H23NO2. The number of hydrogen-bond acceptors (Lipinski definition) is 2. The molecule has 2 unspecified atom stereocenters. The van der Waals surface area contributed by atoms with Gasteiger partial charge < -0.3 is 9.64 Å². The van der Waals surface area contributed by atoms with Crippen LogP contribution in [0.15, 0.2) is 30.3 Å². The molecule has 1 aliphatic carbocycles. The van der Waals surface area contributed by atoms with E-state index in [0.717, 1.165) is 12.8 Å². The van der Waals surface area contributed by atoms with Gasteiger partial charge in [-0.05, 0) is 25.3 Å². The molecule has 108 valence electrons. The second kappa shape index (κ2) is 5.96. The summed E-state index contributed by atoms with van der Waals surface area (Å²) in [6.07, 6.45) is 5.70. The maximum Gasteiger partial charge on any atom is 0.227 e. The zero-order valence-corrected chi connectivity index (χ0v) is 12.1. The van der Waals surface area contributed by atoms with Gasteiger partial charge in [-0.25, -0.2) is 0 Å². The summed E-state index contributed by atoms with van der Waals surface area (Å²) in [5.41, 5.74) is 1.17. The highest BCUT2D eigenvalue weighted by Gasteiger charge is 2.37. The second-order valence-corrected chi connectivity index (χ2v) is 5.96. The van der Waals surface area contributed by atoms with Crippen molar-refractivity contribution in [2.24, 2.45) is 5.92 Å². The Hall–Kier alpha value is -1.35. The van der Waals surface area contributed by atoms with Gasteiger partial charge in [-0.1, -0.05) is 49.6 Å². The number of hydrogen-bond donors (Lipinski definition) is 0. The lowest BCUT2D eigenvalue weighted by atomic mass is 9.88. The van der Waals surface area contributed by atoms with Crippen LogP contribution in [0.3, 0.4) is 0 Å². The fourth-order valence-electron chi connectivity index (χ4n) is 3.39. The minimum atomic E-state index is -0.102. The predicted octanol–water partition coefficient (Wildman–Crippen LogP) is 3.51. The van der Waals surface area contributed by atoms with E-state index in [-0.39, 0.29) is 18.2 Å². The van der Waals surface area contributed by atoms with Crippen molar-refractivity contribution in [3.8, 4) is 0 Å². The highest BCUT2D eigenvalue weighted by Crippen LogP contribution is 2.32. The van der Waals surface area contributed by atoms with Crippen LogP contribution >= 0.6 is 0 Å². The normalized spacial score (nSPS) is 27.8. The summed E-state index contributed by atoms with van der Waals surface area (Å²) in [5.74, 6) is 0.528. The summed E-state index contributed by atoms with van der Waals surface area (Å²) in [5, 5.41) is 0. The lowest BCUT2D eigenvalue weighted by Crippen LogP contribution is -2.39. The van der Waals surface area contributed by atoms with Crippen molar-refractivity contribution in [2.45, 2.75) is 51.4 Å². The Balaban J connectivity index is 1.67. The summed E-state index contributed by atoms with van der Waals surface area (Å²) in [6.45, 7) is 2.68. The van der Waals surface area contributed by atoms with Gasteiger partial charge in [0.2, 0.25) is 5.91 Å². The fraction of sp³-hybridized carbons (Fsp3) is 0.588. The SMILES string of the molecule is CC1OC(c2ccccc2)CN1C(=O)C1CCCCC1. The quantitative estimate of drug-likeness (QED) is 0.825. The van der Waals surface area contributed by atoms with Gasteiger partial charge in [0.05, 0.1) is 6.54 Å². The predicted molar refractivity (Wildman–Crippen MR) is 78.0 cm³/mol. The van der Waals surface area contributed by atoms with E-state index < -0.39 is 0 Å². The zero-order chi connectivity index (χ0) is 13.9. The molecular weight excluding hydrogens is 250 g/mol. The van der Waals surface area contributed by atoms with Crippen LogP contribution in [-0.2, 0) is 9.53 Å². The number of benzene rings is 1. The van der Waals surface area contributed by atoms with Gasteiger partial charge in [-0.15, -0.1) is 0 Å². The second-order valence-electron chi connectivity index (χ2n) is 5.96. The molecule has 1 aliphatic heterocycles. The Bertz CT molecular complexity index is 453. The van der Waals surface area contributed by atoms with Crippen LogP contribution in [0.25, 0.3) is 0 Å². The van der Waals surface area contributed by atoms with Crippen molar-refractivity contribution >= 4 is 5.91 Å². The van der Waals surface area contributed by atoms with Crippen molar-refractivity contribution in [1.29, 1.82) is 0 Å². The van der Waals surface area contributed by atoms with E-state index in [4.69, 9.17) is 4.74 Å². The Morgan fingerprint density at radius 3 is 2.55 bits per heavy atom. The molecule has 1 saturated carbocycles. The maximum atomic E-state index is 12.6. The molecule has 0 bridgehead atoms. The third kappa shape index (κ3) is 2.73. The molecule has 3 heteroatoms. The molecule has 0 aromatic heterocycles. The van der Waals surface area contributed by atoms with Crippen molar-refractivity contribution < 1.29 is 9.53 Å². The van der Waals surface area contributed by atoms with Crippen molar-refractivity contribution in [1.82, 2.24) is 4.90 Å². The number of nitrogens with zero attached hydrogens (tertiary/aromatic N) is 1. The molecule has 1 amide bonds. The fourth-order valence-corrected chi connectivity index (χ4v) is 3.39. The van der Waals surface area contributed by atoms with Crippen LogP contribution in [0.5, 0.6) is 0 Å². The average molecular weight is 273 g/mol. The van der Waals surface area contributed by atoms with Crippen LogP contribution in [0.2, 0.25) is 0 Å². The summed E-state index contributed by atoms with van der Waals surface area (Å²) in [4.78, 5) is 14.6. The van der Waals surface area contributed by atoms with Gasteiger partial charge in [-0.3, -0.25) is 4.79 Å². The molecule has 2 aliphatic rings. The van der Waals surface area contributed by atoms with Crippen molar-refractivity contribution in [2.75, 3.05) is 6.54 Å². The molecule has 1 saturated heterocycles. The third-order valence-corrected chi connectivity index (χ3v) is 4.57. The molecule has 3 rings (SSSR count). The lowest BCUT2D eigenvalue weighted by Gasteiger charge is -2.27. The van der Waals surface area contributed by atoms with Crippen LogP contribution in [-0.4, -0.2) is 23.6 Å². The van der Waals surface area contributed by atoms with Gasteiger partial charge in [0.1, 0.15) is 12.3 Å². The van der Waals surface area contributed by atoms with E-state index in [2.05, 4.69) is 12.1 Å². The molecule has 0 spiro atoms. The zero-order valence-electron chi connectivity index (χ0n) is 12.1. The summed E-state index contributed by atoms with van der Waals surface area (Å²) >= 11 is 0. The van der Waals surface area contributed by atoms with Crippen LogP contribution in [0.1, 0.15) is 50.7 Å². The van der Waals surface area contributed by atoms with E-state index >= 15 is 0 Å². The molecule has 2 fully saturated rings. The molecule has 20 heavy (non-hydrogen) atoms. The number of carbonyl (C=O) groups excluding carboxylic acids is 1. The van der Waals surface area contributed by atoms with E-state index in [1.807, 2.05) is 30.0 Å². The topological polar surface area (TPSA) is 29.5 Å². The van der Waals surface area contributed by atoms with Gasteiger partial charge in [0.15, 0.2) is 0 Å². The van der Waals surface area contributed by atoms with E-state index in [1.54, 1.807) is 0 Å². The van der Waals surface area contributed by atoms with Gasteiger partial charge in [0.25, 0.3) is 0 Å². The van der Waals surface area contributed by atoms with Gasteiger partial charge in [-0.2, -0.15) is 0 Å². The molecule has 2 atom stereocenters. The monoisotopic (exact) mass is 273 g/mol. The molecule has 3 nitrogen and oxygen atoms in total. The van der Waals surface area contributed by atoms with Gasteiger partial charge in [0, 0.05) is 5.92 Å². The largest absolute Gasteiger partial charge is 0.349 e. The molecule has 1 heterocycles. The average Bonchev–Trinajstić information content (AvgIpc) is 2.90. The highest BCUT2D eigenvalue weighted by molar-refractivity contribution is 5.79. The molecule has 1 aromatic carbocycles. The molecule has 0 radical (unpaired) electrons. The Kier molecular flexibility index (Phi) is 4.06. The smallest absolute Gasteiger partial charge is 0.227 e. The first kappa shape index (κ1) is 13.6. The van der Waals surface area contributed by atoms with E-state index in [0.29, 0.717) is 12.5 Å². The van der Waals surface area contributed by atoms with E-state index in [1.165, 1.54) is 24.8 Å². The highest BCUT2D eigenvalue weighted by atomic mass is 16.5. The molecule has 0 N–H and O–H groups in total. The first-order valence-electron chi connectivity index (χ1n) is 7.76. The third-order valence-electron chi connectivity index (χ3n) is 4.57. The standard InChI is InChI=1S/C17H23NO2/c1-13-18(17(19)15-10-6-3-7-11-15)12-16(20-13)14-8-4-2-5-9-14/h2,4-5,8-9,13,15-16H,3,6-7,10-12H2,1H3. The summed E-state index contributed by atoms with van der Waals surface area (Å²) in [6, 6.07) is 10.2. The summed E-state index contributed by atoms with van der Waals surface area (Å²) in [7, 11) is 0. The Morgan fingerprint density at radius 2 is 1.85 bits per heavy atom. The number of amides is 1. The first-order valence-corrected chi connectivity index (χ1v) is 7.76. The first-order chi connectivity index (χ1) is 9.75. The number of ether oxygens (including phenoxy) is 1. The van der Waals surface area contributed by atoms with Crippen LogP contribution < -0.4 is 0 Å². The molecule has 1 aromatic rings. The van der Waals surface area contributed by atoms with Crippen LogP contribution in [0, 0.1) is 5.92 Å². The van der Waals surface area contributed by atoms with E-state index in [9.17, 15) is 4.79 Å². The number of rotatable bonds is 2. The minimum Gasteiger partial charge on any atom is -0.349 e. The number of carbonyl (C=O) groups is 1. The Morgan fingerprint density at radius 1 is 1.15 bits per heavy atom. The van der Waals surface area contributed by atoms with Gasteiger partial charge >= 0.3 is 0 Å². The van der Waals surface area contributed by atoms with Crippen molar-refractivity contribution in [3.63, 3.8) is 0 Å².